The number of hydrogen-bond donors (Lipinski definition) is 1. The molecule has 0 saturated carbocycles. The topological polar surface area (TPSA) is 82.7 Å². The molecule has 1 saturated heterocycles. The first-order chi connectivity index (χ1) is 16.3. The summed E-state index contributed by atoms with van der Waals surface area (Å²) in [4.78, 5) is 14.1. The van der Waals surface area contributed by atoms with Gasteiger partial charge in [-0.1, -0.05) is 19.1 Å². The summed E-state index contributed by atoms with van der Waals surface area (Å²) in [6.07, 6.45) is 4.32. The van der Waals surface area contributed by atoms with Crippen molar-refractivity contribution in [3.63, 3.8) is 0 Å². The minimum Gasteiger partial charge on any atom is -0.388 e. The fourth-order valence-electron chi connectivity index (χ4n) is 5.28. The Labute approximate surface area is 198 Å². The average Bonchev–Trinajstić information content (AvgIpc) is 3.28. The SMILES string of the molecule is CC[C@@H]1CN(c2nc3nncn3c3cccnc23)[C@@H](C)CN1[C@@H](c1ccc(F)cc1)C(C)(C)O. The molecular weight excluding hydrogens is 433 g/mol. The fraction of sp³-hybridized carbons (Fsp3) is 0.440. The third-order valence-corrected chi connectivity index (χ3v) is 6.81. The predicted octanol–water partition coefficient (Wildman–Crippen LogP) is 3.61. The van der Waals surface area contributed by atoms with Crippen molar-refractivity contribution >= 4 is 22.6 Å². The maximum atomic E-state index is 13.6. The lowest BCUT2D eigenvalue weighted by atomic mass is 9.87. The summed E-state index contributed by atoms with van der Waals surface area (Å²) in [5.74, 6) is 1.06. The first kappa shape index (κ1) is 22.6. The number of anilines is 1. The Morgan fingerprint density at radius 3 is 2.65 bits per heavy atom. The van der Waals surface area contributed by atoms with E-state index in [1.54, 1.807) is 24.7 Å². The number of pyridine rings is 1. The maximum absolute atomic E-state index is 13.6. The Hall–Kier alpha value is -3.17. The summed E-state index contributed by atoms with van der Waals surface area (Å²) < 4.78 is 15.5. The molecule has 3 atom stereocenters. The van der Waals surface area contributed by atoms with Gasteiger partial charge in [-0.3, -0.25) is 14.3 Å². The Kier molecular flexibility index (Phi) is 5.69. The Morgan fingerprint density at radius 2 is 1.94 bits per heavy atom. The van der Waals surface area contributed by atoms with Crippen molar-refractivity contribution in [1.29, 1.82) is 0 Å². The second-order valence-electron chi connectivity index (χ2n) is 9.68. The second-order valence-corrected chi connectivity index (χ2v) is 9.68. The van der Waals surface area contributed by atoms with E-state index in [0.29, 0.717) is 18.9 Å². The molecule has 4 aromatic rings. The Bertz CT molecular complexity index is 1300. The highest BCUT2D eigenvalue weighted by molar-refractivity contribution is 5.88. The molecule has 0 bridgehead atoms. The van der Waals surface area contributed by atoms with Crippen molar-refractivity contribution in [2.75, 3.05) is 18.0 Å². The molecular formula is C25H30FN7O. The van der Waals surface area contributed by atoms with Crippen molar-refractivity contribution in [3.05, 3.63) is 60.3 Å². The van der Waals surface area contributed by atoms with Crippen LogP contribution in [0, 0.1) is 5.82 Å². The van der Waals surface area contributed by atoms with E-state index in [1.807, 2.05) is 30.4 Å². The largest absolute Gasteiger partial charge is 0.388 e. The van der Waals surface area contributed by atoms with E-state index in [-0.39, 0.29) is 23.9 Å². The molecule has 178 valence electrons. The smallest absolute Gasteiger partial charge is 0.257 e. The zero-order valence-electron chi connectivity index (χ0n) is 19.9. The summed E-state index contributed by atoms with van der Waals surface area (Å²) in [7, 11) is 0. The molecule has 0 radical (unpaired) electrons. The lowest BCUT2D eigenvalue weighted by molar-refractivity contribution is -0.0472. The van der Waals surface area contributed by atoms with Gasteiger partial charge in [0.2, 0.25) is 0 Å². The van der Waals surface area contributed by atoms with E-state index in [2.05, 4.69) is 38.8 Å². The van der Waals surface area contributed by atoms with Crippen molar-refractivity contribution in [2.24, 2.45) is 0 Å². The van der Waals surface area contributed by atoms with Crippen LogP contribution in [-0.2, 0) is 0 Å². The van der Waals surface area contributed by atoms with Gasteiger partial charge in [0, 0.05) is 31.4 Å². The van der Waals surface area contributed by atoms with Crippen LogP contribution in [0.2, 0.25) is 0 Å². The number of aliphatic hydroxyl groups is 1. The molecule has 0 spiro atoms. The van der Waals surface area contributed by atoms with Gasteiger partial charge in [0.25, 0.3) is 5.78 Å². The minimum absolute atomic E-state index is 0.0937. The third-order valence-electron chi connectivity index (χ3n) is 6.81. The molecule has 3 aromatic heterocycles. The lowest BCUT2D eigenvalue weighted by Crippen LogP contribution is -2.61. The fourth-order valence-corrected chi connectivity index (χ4v) is 5.28. The molecule has 1 fully saturated rings. The van der Waals surface area contributed by atoms with Gasteiger partial charge >= 0.3 is 0 Å². The maximum Gasteiger partial charge on any atom is 0.257 e. The van der Waals surface area contributed by atoms with Crippen LogP contribution in [0.15, 0.2) is 48.9 Å². The summed E-state index contributed by atoms with van der Waals surface area (Å²) >= 11 is 0. The van der Waals surface area contributed by atoms with Gasteiger partial charge in [-0.15, -0.1) is 10.2 Å². The molecule has 1 aromatic carbocycles. The van der Waals surface area contributed by atoms with E-state index in [1.165, 1.54) is 12.1 Å². The summed E-state index contributed by atoms with van der Waals surface area (Å²) in [6.45, 7) is 9.39. The number of nitrogens with zero attached hydrogens (tertiary/aromatic N) is 7. The number of benzene rings is 1. The number of aromatic nitrogens is 5. The molecule has 9 heteroatoms. The zero-order valence-corrected chi connectivity index (χ0v) is 19.9. The van der Waals surface area contributed by atoms with Crippen LogP contribution in [0.5, 0.6) is 0 Å². The number of hydrogen-bond acceptors (Lipinski definition) is 7. The second kappa shape index (κ2) is 8.56. The van der Waals surface area contributed by atoms with E-state index >= 15 is 0 Å². The van der Waals surface area contributed by atoms with E-state index in [0.717, 1.165) is 28.8 Å². The molecule has 1 N–H and O–H groups in total. The molecule has 1 aliphatic rings. The normalized spacial score (nSPS) is 20.8. The third kappa shape index (κ3) is 3.88. The zero-order chi connectivity index (χ0) is 24.0. The van der Waals surface area contributed by atoms with Crippen LogP contribution < -0.4 is 4.90 Å². The number of piperazine rings is 1. The summed E-state index contributed by atoms with van der Waals surface area (Å²) in [5, 5.41) is 19.4. The summed E-state index contributed by atoms with van der Waals surface area (Å²) in [5.41, 5.74) is 1.61. The highest BCUT2D eigenvalue weighted by Gasteiger charge is 2.42. The van der Waals surface area contributed by atoms with E-state index in [4.69, 9.17) is 4.98 Å². The van der Waals surface area contributed by atoms with Gasteiger partial charge in [-0.2, -0.15) is 4.98 Å². The van der Waals surface area contributed by atoms with Gasteiger partial charge in [0.1, 0.15) is 17.7 Å². The van der Waals surface area contributed by atoms with E-state index < -0.39 is 5.60 Å². The van der Waals surface area contributed by atoms with Gasteiger partial charge in [-0.05, 0) is 57.0 Å². The molecule has 4 heterocycles. The van der Waals surface area contributed by atoms with Gasteiger partial charge < -0.3 is 10.0 Å². The Morgan fingerprint density at radius 1 is 1.18 bits per heavy atom. The number of fused-ring (bicyclic) bond motifs is 3. The number of rotatable bonds is 5. The lowest BCUT2D eigenvalue weighted by Gasteiger charge is -2.51. The molecule has 1 aliphatic heterocycles. The van der Waals surface area contributed by atoms with Crippen LogP contribution in [0.25, 0.3) is 16.8 Å². The van der Waals surface area contributed by atoms with Crippen molar-refractivity contribution in [3.8, 4) is 0 Å². The highest BCUT2D eigenvalue weighted by Crippen LogP contribution is 2.38. The van der Waals surface area contributed by atoms with E-state index in [9.17, 15) is 9.50 Å². The van der Waals surface area contributed by atoms with Crippen LogP contribution in [0.3, 0.4) is 0 Å². The first-order valence-electron chi connectivity index (χ1n) is 11.7. The van der Waals surface area contributed by atoms with Gasteiger partial charge in [0.15, 0.2) is 5.82 Å². The van der Waals surface area contributed by atoms with Crippen molar-refractivity contribution in [1.82, 2.24) is 29.5 Å². The van der Waals surface area contributed by atoms with Crippen LogP contribution in [0.4, 0.5) is 10.2 Å². The number of halogens is 1. The molecule has 5 rings (SSSR count). The summed E-state index contributed by atoms with van der Waals surface area (Å²) in [6, 6.07) is 10.3. The monoisotopic (exact) mass is 463 g/mol. The van der Waals surface area contributed by atoms with Gasteiger partial charge in [-0.25, -0.2) is 4.39 Å². The molecule has 34 heavy (non-hydrogen) atoms. The Balaban J connectivity index is 1.55. The van der Waals surface area contributed by atoms with Crippen molar-refractivity contribution in [2.45, 2.75) is 57.8 Å². The molecule has 8 nitrogen and oxygen atoms in total. The van der Waals surface area contributed by atoms with Crippen LogP contribution in [0.1, 0.15) is 45.7 Å². The standard InChI is InChI=1S/C25H30FN7O/c1-5-19-14-31(23-21-20(7-6-12-27-21)33-15-28-30-24(33)29-23)16(2)13-32(19)22(25(3,4)34)17-8-10-18(26)11-9-17/h6-12,15-16,19,22,34H,5,13-14H2,1-4H3/t16-,19+,22-/m0/s1. The van der Waals surface area contributed by atoms with Crippen LogP contribution in [-0.4, -0.2) is 65.3 Å². The first-order valence-corrected chi connectivity index (χ1v) is 11.7. The highest BCUT2D eigenvalue weighted by atomic mass is 19.1. The molecule has 0 amide bonds. The molecule has 0 unspecified atom stereocenters. The quantitative estimate of drug-likeness (QED) is 0.484. The molecule has 0 aliphatic carbocycles. The van der Waals surface area contributed by atoms with Crippen LogP contribution >= 0.6 is 0 Å². The van der Waals surface area contributed by atoms with Gasteiger partial charge in [0.05, 0.1) is 17.2 Å². The van der Waals surface area contributed by atoms with Crippen molar-refractivity contribution < 1.29 is 9.50 Å². The predicted molar refractivity (Wildman–Crippen MR) is 129 cm³/mol. The average molecular weight is 464 g/mol. The minimum atomic E-state index is -1.01.